The van der Waals surface area contributed by atoms with Crippen molar-refractivity contribution in [2.24, 2.45) is 11.1 Å². The van der Waals surface area contributed by atoms with Gasteiger partial charge in [-0.05, 0) is 7.05 Å². The molecule has 2 aliphatic heterocycles. The largest absolute Gasteiger partial charge is 0.492 e. The van der Waals surface area contributed by atoms with E-state index in [-0.39, 0.29) is 32.1 Å². The van der Waals surface area contributed by atoms with Gasteiger partial charge in [-0.25, -0.2) is 0 Å². The third kappa shape index (κ3) is 2.88. The molecule has 152 valence electrons. The number of piperazine rings is 1. The summed E-state index contributed by atoms with van der Waals surface area (Å²) in [6.45, 7) is 1.23. The third-order valence-electron chi connectivity index (χ3n) is 5.08. The average Bonchev–Trinajstić information content (AvgIpc) is 2.65. The van der Waals surface area contributed by atoms with Gasteiger partial charge in [-0.15, -0.1) is 0 Å². The van der Waals surface area contributed by atoms with Gasteiger partial charge in [0.15, 0.2) is 0 Å². The lowest BCUT2D eigenvalue weighted by Crippen LogP contribution is -2.64. The van der Waals surface area contributed by atoms with E-state index in [0.717, 1.165) is 6.08 Å². The molecule has 2 unspecified atom stereocenters. The number of primary amides is 1. The van der Waals surface area contributed by atoms with Gasteiger partial charge in [0.2, 0.25) is 5.91 Å². The van der Waals surface area contributed by atoms with Gasteiger partial charge in [0.05, 0.1) is 22.5 Å². The Hall–Kier alpha value is -3.06. The molecule has 0 aromatic carbocycles. The van der Waals surface area contributed by atoms with Crippen molar-refractivity contribution in [3.05, 3.63) is 43.5 Å². The van der Waals surface area contributed by atoms with Crippen LogP contribution in [0, 0.1) is 25.6 Å². The summed E-state index contributed by atoms with van der Waals surface area (Å²) >= 11 is 0. The third-order valence-corrected chi connectivity index (χ3v) is 5.08. The number of ether oxygens (including phenoxy) is 2. The van der Waals surface area contributed by atoms with Crippen LogP contribution >= 0.6 is 0 Å². The molecule has 2 atom stereocenters. The summed E-state index contributed by atoms with van der Waals surface area (Å²) in [5, 5.41) is 23.3. The topological polar surface area (TPSA) is 171 Å². The van der Waals surface area contributed by atoms with E-state index in [1.54, 1.807) is 0 Å². The highest BCUT2D eigenvalue weighted by Gasteiger charge is 2.69. The molecular formula is C15H19N5O8. The molecule has 0 saturated carbocycles. The number of carbonyl (C=O) groups excluding carboxylic acids is 2. The monoisotopic (exact) mass is 397 g/mol. The molecule has 0 radical (unpaired) electrons. The van der Waals surface area contributed by atoms with E-state index >= 15 is 0 Å². The second kappa shape index (κ2) is 7.16. The Labute approximate surface area is 158 Å². The van der Waals surface area contributed by atoms with Crippen LogP contribution in [0.5, 0.6) is 0 Å². The number of rotatable bonds is 4. The summed E-state index contributed by atoms with van der Waals surface area (Å²) in [5.74, 6) is -2.60. The minimum absolute atomic E-state index is 0.0126. The molecule has 13 nitrogen and oxygen atoms in total. The van der Waals surface area contributed by atoms with Gasteiger partial charge in [0.1, 0.15) is 18.5 Å². The van der Waals surface area contributed by atoms with Crippen molar-refractivity contribution >= 4 is 11.8 Å². The zero-order chi connectivity index (χ0) is 20.6. The molecule has 0 aromatic rings. The van der Waals surface area contributed by atoms with Crippen LogP contribution in [-0.2, 0) is 19.1 Å². The molecular weight excluding hydrogens is 378 g/mol. The number of fused-ring (bicyclic) bond motifs is 1. The van der Waals surface area contributed by atoms with Crippen LogP contribution in [0.25, 0.3) is 0 Å². The van der Waals surface area contributed by atoms with Crippen molar-refractivity contribution in [2.45, 2.75) is 6.10 Å². The fourth-order valence-electron chi connectivity index (χ4n) is 3.67. The zero-order valence-electron chi connectivity index (χ0n) is 15.0. The maximum Gasteiger partial charge on any atom is 0.351 e. The van der Waals surface area contributed by atoms with E-state index in [2.05, 4.69) is 0 Å². The molecule has 3 rings (SSSR count). The number of nitrogens with zero attached hydrogens (tertiary/aromatic N) is 4. The minimum atomic E-state index is -2.70. The highest BCUT2D eigenvalue weighted by Crippen LogP contribution is 2.46. The normalized spacial score (nSPS) is 28.1. The number of nitro groups is 2. The molecule has 1 aliphatic carbocycles. The fourth-order valence-corrected chi connectivity index (χ4v) is 3.67. The molecule has 2 heterocycles. The number of allylic oxidation sites excluding steroid dienone is 1. The van der Waals surface area contributed by atoms with E-state index in [1.165, 1.54) is 4.90 Å². The fraction of sp³-hybridized carbons (Fsp3) is 0.600. The summed E-state index contributed by atoms with van der Waals surface area (Å²) in [4.78, 5) is 50.4. The van der Waals surface area contributed by atoms with Crippen LogP contribution in [0.15, 0.2) is 23.2 Å². The van der Waals surface area contributed by atoms with Crippen molar-refractivity contribution in [2.75, 3.05) is 46.4 Å². The quantitative estimate of drug-likeness (QED) is 0.330. The van der Waals surface area contributed by atoms with Crippen molar-refractivity contribution in [1.82, 2.24) is 9.80 Å². The van der Waals surface area contributed by atoms with Crippen molar-refractivity contribution in [1.29, 1.82) is 0 Å². The number of nitrogens with two attached hydrogens (primary N) is 1. The molecule has 13 heteroatoms. The second-order valence-electron chi connectivity index (χ2n) is 6.66. The van der Waals surface area contributed by atoms with Crippen LogP contribution in [0.3, 0.4) is 0 Å². The van der Waals surface area contributed by atoms with E-state index in [4.69, 9.17) is 15.2 Å². The molecule has 2 saturated heterocycles. The lowest BCUT2D eigenvalue weighted by atomic mass is 9.71. The first-order valence-electron chi connectivity index (χ1n) is 8.48. The van der Waals surface area contributed by atoms with Gasteiger partial charge >= 0.3 is 11.4 Å². The van der Waals surface area contributed by atoms with Crippen LogP contribution in [0.4, 0.5) is 0 Å². The smallest absolute Gasteiger partial charge is 0.351 e. The first-order chi connectivity index (χ1) is 13.2. The van der Waals surface area contributed by atoms with Crippen molar-refractivity contribution in [3.8, 4) is 0 Å². The summed E-state index contributed by atoms with van der Waals surface area (Å²) in [6, 6.07) is 0. The number of likely N-dealkylation sites (N-methyl/N-ethyl adjacent to an activating group) is 1. The lowest BCUT2D eigenvalue weighted by molar-refractivity contribution is -0.478. The Bertz CT molecular complexity index is 800. The van der Waals surface area contributed by atoms with Crippen molar-refractivity contribution < 1.29 is 28.9 Å². The maximum atomic E-state index is 13.4. The first-order valence-corrected chi connectivity index (χ1v) is 8.48. The van der Waals surface area contributed by atoms with Gasteiger partial charge in [-0.3, -0.25) is 29.8 Å². The Balaban J connectivity index is 2.23. The number of carbonyl (C=O) groups is 2. The average molecular weight is 397 g/mol. The van der Waals surface area contributed by atoms with Gasteiger partial charge < -0.3 is 25.0 Å². The summed E-state index contributed by atoms with van der Waals surface area (Å²) in [5.41, 5.74) is 0.586. The second-order valence-corrected chi connectivity index (χ2v) is 6.66. The van der Waals surface area contributed by atoms with Crippen molar-refractivity contribution in [3.63, 3.8) is 0 Å². The molecule has 0 aromatic heterocycles. The molecule has 3 aliphatic rings. The van der Waals surface area contributed by atoms with Gasteiger partial charge in [-0.2, -0.15) is 0 Å². The van der Waals surface area contributed by atoms with Gasteiger partial charge in [0.25, 0.3) is 11.3 Å². The Morgan fingerprint density at radius 3 is 2.36 bits per heavy atom. The van der Waals surface area contributed by atoms with E-state index in [1.807, 2.05) is 11.9 Å². The Morgan fingerprint density at radius 1 is 1.18 bits per heavy atom. The number of hydrogen-bond donors (Lipinski definition) is 1. The highest BCUT2D eigenvalue weighted by molar-refractivity contribution is 6.09. The molecule has 0 bridgehead atoms. The summed E-state index contributed by atoms with van der Waals surface area (Å²) in [6.07, 6.45) is -0.726. The van der Waals surface area contributed by atoms with Crippen LogP contribution in [-0.4, -0.2) is 84.0 Å². The summed E-state index contributed by atoms with van der Waals surface area (Å²) in [7, 11) is 1.83. The predicted octanol–water partition coefficient (Wildman–Crippen LogP) is -1.69. The molecule has 2 N–H and O–H groups in total. The van der Waals surface area contributed by atoms with E-state index < -0.39 is 44.6 Å². The first kappa shape index (κ1) is 19.7. The molecule has 28 heavy (non-hydrogen) atoms. The Morgan fingerprint density at radius 2 is 1.82 bits per heavy atom. The summed E-state index contributed by atoms with van der Waals surface area (Å²) < 4.78 is 10.8. The van der Waals surface area contributed by atoms with E-state index in [0.29, 0.717) is 13.1 Å². The highest BCUT2D eigenvalue weighted by atomic mass is 16.6. The number of hydrogen-bond acceptors (Lipinski definition) is 9. The van der Waals surface area contributed by atoms with E-state index in [9.17, 15) is 29.8 Å². The molecule has 2 amide bonds. The number of amides is 2. The predicted molar refractivity (Wildman–Crippen MR) is 90.5 cm³/mol. The molecule has 0 spiro atoms. The minimum Gasteiger partial charge on any atom is -0.492 e. The van der Waals surface area contributed by atoms with Crippen LogP contribution in [0.1, 0.15) is 0 Å². The van der Waals surface area contributed by atoms with Gasteiger partial charge in [0, 0.05) is 26.2 Å². The maximum absolute atomic E-state index is 13.4. The standard InChI is InChI=1S/C15H19N5O8/c1-17-2-4-18(5-3-17)14(22)15(13(16)21)11(20(25)26)9(19(23)24)8-10-12(15)28-7-6-27-10/h8,12H,2-7H2,1H3,(H2,16,21). The SMILES string of the molecule is CN1CCN(C(=O)C2(C(N)=O)C([N+](=O)[O-])=C([N+](=O)[O-])C=C3OCCOC32)CC1. The Kier molecular flexibility index (Phi) is 5.04. The lowest BCUT2D eigenvalue weighted by Gasteiger charge is -2.42. The van der Waals surface area contributed by atoms with Gasteiger partial charge in [-0.1, -0.05) is 0 Å². The van der Waals surface area contributed by atoms with Crippen LogP contribution < -0.4 is 5.73 Å². The zero-order valence-corrected chi connectivity index (χ0v) is 15.0. The molecule has 2 fully saturated rings. The van der Waals surface area contributed by atoms with Crippen LogP contribution in [0.2, 0.25) is 0 Å².